The van der Waals surface area contributed by atoms with Crippen LogP contribution >= 0.6 is 34.5 Å². The SMILES string of the molecule is O=C(NC[C@H]1CN(c2ccc(N3CCC[C@@H](CCO)C3=O)c(Cl)c2)C(=O)O1)c1ccc(Cl)s1. The lowest BCUT2D eigenvalue weighted by Gasteiger charge is -2.33. The van der Waals surface area contributed by atoms with E-state index in [4.69, 9.17) is 27.9 Å². The topological polar surface area (TPSA) is 99.2 Å². The number of thiophene rings is 1. The zero-order chi connectivity index (χ0) is 23.5. The molecule has 0 saturated carbocycles. The molecule has 2 atom stereocenters. The number of aliphatic hydroxyl groups excluding tert-OH is 1. The molecule has 2 N–H and O–H groups in total. The van der Waals surface area contributed by atoms with Crippen molar-refractivity contribution in [2.75, 3.05) is 36.0 Å². The van der Waals surface area contributed by atoms with Gasteiger partial charge in [0.2, 0.25) is 5.91 Å². The quantitative estimate of drug-likeness (QED) is 0.586. The third-order valence-electron chi connectivity index (χ3n) is 5.72. The second-order valence-corrected chi connectivity index (χ2v) is 10.0. The van der Waals surface area contributed by atoms with E-state index < -0.39 is 12.2 Å². The molecule has 0 unspecified atom stereocenters. The second kappa shape index (κ2) is 10.3. The number of carbonyl (C=O) groups is 3. The number of hydrogen-bond acceptors (Lipinski definition) is 6. The Bertz CT molecular complexity index is 1060. The normalized spacial score (nSPS) is 20.8. The van der Waals surface area contributed by atoms with Crippen LogP contribution in [0.5, 0.6) is 0 Å². The smallest absolute Gasteiger partial charge is 0.414 e. The van der Waals surface area contributed by atoms with Crippen molar-refractivity contribution in [2.45, 2.75) is 25.4 Å². The van der Waals surface area contributed by atoms with Gasteiger partial charge in [0.15, 0.2) is 0 Å². The lowest BCUT2D eigenvalue weighted by Crippen LogP contribution is -2.41. The maximum absolute atomic E-state index is 12.8. The van der Waals surface area contributed by atoms with Gasteiger partial charge in [0.25, 0.3) is 5.91 Å². The molecule has 0 radical (unpaired) electrons. The number of nitrogens with zero attached hydrogens (tertiary/aromatic N) is 2. The Hall–Kier alpha value is -2.33. The maximum atomic E-state index is 12.8. The van der Waals surface area contributed by atoms with Crippen molar-refractivity contribution < 1.29 is 24.2 Å². The first-order valence-corrected chi connectivity index (χ1v) is 12.2. The van der Waals surface area contributed by atoms with Crippen molar-refractivity contribution in [1.29, 1.82) is 0 Å². The molecule has 2 aliphatic rings. The lowest BCUT2D eigenvalue weighted by atomic mass is 9.93. The Morgan fingerprint density at radius 2 is 2.03 bits per heavy atom. The first-order chi connectivity index (χ1) is 15.9. The number of hydrogen-bond donors (Lipinski definition) is 2. The number of ether oxygens (including phenoxy) is 1. The van der Waals surface area contributed by atoms with E-state index in [1.165, 1.54) is 16.2 Å². The number of cyclic esters (lactones) is 1. The van der Waals surface area contributed by atoms with Crippen LogP contribution in [0.1, 0.15) is 28.9 Å². The summed E-state index contributed by atoms with van der Waals surface area (Å²) in [7, 11) is 0. The van der Waals surface area contributed by atoms with Crippen LogP contribution in [0.25, 0.3) is 0 Å². The van der Waals surface area contributed by atoms with Gasteiger partial charge in [0.1, 0.15) is 6.10 Å². The van der Waals surface area contributed by atoms with Crippen molar-refractivity contribution >= 4 is 63.8 Å². The fraction of sp³-hybridized carbons (Fsp3) is 0.409. The highest BCUT2D eigenvalue weighted by Gasteiger charge is 2.34. The zero-order valence-corrected chi connectivity index (χ0v) is 20.0. The number of nitrogens with one attached hydrogen (secondary N) is 1. The molecule has 4 rings (SSSR count). The highest BCUT2D eigenvalue weighted by Crippen LogP contribution is 2.35. The number of piperidine rings is 1. The third-order valence-corrected chi connectivity index (χ3v) is 7.25. The molecular weight excluding hydrogens is 489 g/mol. The van der Waals surface area contributed by atoms with E-state index in [2.05, 4.69) is 5.32 Å². The number of halogens is 2. The first-order valence-electron chi connectivity index (χ1n) is 10.6. The Kier molecular flexibility index (Phi) is 7.43. The highest BCUT2D eigenvalue weighted by molar-refractivity contribution is 7.18. The fourth-order valence-electron chi connectivity index (χ4n) is 4.06. The molecule has 2 saturated heterocycles. The molecule has 1 aromatic heterocycles. The van der Waals surface area contributed by atoms with Crippen LogP contribution in [-0.2, 0) is 9.53 Å². The van der Waals surface area contributed by atoms with E-state index in [0.717, 1.165) is 12.8 Å². The van der Waals surface area contributed by atoms with Crippen LogP contribution in [0.4, 0.5) is 16.2 Å². The summed E-state index contributed by atoms with van der Waals surface area (Å²) in [5.74, 6) is -0.540. The molecular formula is C22H23Cl2N3O5S. The highest BCUT2D eigenvalue weighted by atomic mass is 35.5. The van der Waals surface area contributed by atoms with E-state index >= 15 is 0 Å². The molecule has 0 aliphatic carbocycles. The summed E-state index contributed by atoms with van der Waals surface area (Å²) in [6.45, 7) is 0.942. The van der Waals surface area contributed by atoms with Gasteiger partial charge in [-0.1, -0.05) is 23.2 Å². The van der Waals surface area contributed by atoms with Gasteiger partial charge >= 0.3 is 6.09 Å². The van der Waals surface area contributed by atoms with E-state index in [9.17, 15) is 19.5 Å². The van der Waals surface area contributed by atoms with Crippen LogP contribution in [0.15, 0.2) is 30.3 Å². The van der Waals surface area contributed by atoms with Gasteiger partial charge in [0.05, 0.1) is 33.0 Å². The van der Waals surface area contributed by atoms with Gasteiger partial charge in [-0.25, -0.2) is 4.79 Å². The average molecular weight is 512 g/mol. The number of amides is 3. The minimum absolute atomic E-state index is 0.0311. The lowest BCUT2D eigenvalue weighted by molar-refractivity contribution is -0.124. The van der Waals surface area contributed by atoms with Crippen molar-refractivity contribution in [3.63, 3.8) is 0 Å². The summed E-state index contributed by atoms with van der Waals surface area (Å²) in [4.78, 5) is 40.9. The monoisotopic (exact) mass is 511 g/mol. The molecule has 8 nitrogen and oxygen atoms in total. The minimum atomic E-state index is -0.533. The molecule has 176 valence electrons. The molecule has 1 aromatic carbocycles. The third kappa shape index (κ3) is 5.27. The summed E-state index contributed by atoms with van der Waals surface area (Å²) in [6, 6.07) is 8.36. The van der Waals surface area contributed by atoms with Gasteiger partial charge in [-0.15, -0.1) is 11.3 Å². The summed E-state index contributed by atoms with van der Waals surface area (Å²) in [6.07, 6.45) is 0.968. The second-order valence-electron chi connectivity index (χ2n) is 7.91. The minimum Gasteiger partial charge on any atom is -0.442 e. The molecule has 2 fully saturated rings. The van der Waals surface area contributed by atoms with Gasteiger partial charge in [0, 0.05) is 24.8 Å². The van der Waals surface area contributed by atoms with Crippen molar-refractivity contribution in [1.82, 2.24) is 5.32 Å². The number of benzene rings is 1. The molecule has 33 heavy (non-hydrogen) atoms. The number of aliphatic hydroxyl groups is 1. The van der Waals surface area contributed by atoms with Gasteiger partial charge in [-0.2, -0.15) is 0 Å². The van der Waals surface area contributed by atoms with Crippen molar-refractivity contribution in [3.8, 4) is 0 Å². The number of anilines is 2. The number of rotatable bonds is 7. The van der Waals surface area contributed by atoms with Crippen LogP contribution in [0.2, 0.25) is 9.36 Å². The standard InChI is InChI=1S/C22H23Cl2N3O5S/c23-16-10-14(3-4-17(16)26-8-1-2-13(7-9-28)21(26)30)27-12-15(32-22(27)31)11-25-20(29)18-5-6-19(24)33-18/h3-6,10,13,15,28H,1-2,7-9,11-12H2,(H,25,29)/t13-,15-/m0/s1. The van der Waals surface area contributed by atoms with E-state index in [1.807, 2.05) is 0 Å². The van der Waals surface area contributed by atoms with Crippen molar-refractivity contribution in [2.24, 2.45) is 5.92 Å². The predicted molar refractivity (Wildman–Crippen MR) is 128 cm³/mol. The molecule has 3 heterocycles. The Labute approximate surface area is 205 Å². The van der Waals surface area contributed by atoms with Gasteiger partial charge in [-0.3, -0.25) is 14.5 Å². The van der Waals surface area contributed by atoms with E-state index in [1.54, 1.807) is 35.2 Å². The van der Waals surface area contributed by atoms with Crippen LogP contribution < -0.4 is 15.1 Å². The van der Waals surface area contributed by atoms with Crippen LogP contribution in [0.3, 0.4) is 0 Å². The fourth-order valence-corrected chi connectivity index (χ4v) is 5.30. The number of carbonyl (C=O) groups excluding carboxylic acids is 3. The van der Waals surface area contributed by atoms with E-state index in [-0.39, 0.29) is 37.4 Å². The summed E-state index contributed by atoms with van der Waals surface area (Å²) in [5.41, 5.74) is 1.13. The Morgan fingerprint density at radius 1 is 1.21 bits per heavy atom. The Morgan fingerprint density at radius 3 is 2.73 bits per heavy atom. The summed E-state index contributed by atoms with van der Waals surface area (Å²) in [5, 5.41) is 12.3. The molecule has 11 heteroatoms. The molecule has 2 aliphatic heterocycles. The summed E-state index contributed by atoms with van der Waals surface area (Å²) < 4.78 is 5.90. The van der Waals surface area contributed by atoms with Crippen LogP contribution in [-0.4, -0.2) is 55.4 Å². The summed E-state index contributed by atoms with van der Waals surface area (Å²) >= 11 is 13.5. The predicted octanol–water partition coefficient (Wildman–Crippen LogP) is 3.94. The van der Waals surface area contributed by atoms with Gasteiger partial charge in [-0.05, 0) is 49.6 Å². The van der Waals surface area contributed by atoms with Crippen LogP contribution in [0, 0.1) is 5.92 Å². The molecule has 2 aromatic rings. The molecule has 0 spiro atoms. The zero-order valence-electron chi connectivity index (χ0n) is 17.6. The molecule has 0 bridgehead atoms. The van der Waals surface area contributed by atoms with Gasteiger partial charge < -0.3 is 20.1 Å². The largest absolute Gasteiger partial charge is 0.442 e. The van der Waals surface area contributed by atoms with Crippen molar-refractivity contribution in [3.05, 3.63) is 44.6 Å². The average Bonchev–Trinajstić information content (AvgIpc) is 3.39. The molecule has 3 amide bonds. The Balaban J connectivity index is 1.40. The first kappa shape index (κ1) is 23.8. The maximum Gasteiger partial charge on any atom is 0.414 e. The van der Waals surface area contributed by atoms with E-state index in [0.29, 0.717) is 38.6 Å².